The first-order valence-electron chi connectivity index (χ1n) is 7.54. The maximum atomic E-state index is 12.3. The number of aryl methyl sites for hydroxylation is 1. The largest absolute Gasteiger partial charge is 0.469 e. The number of methoxy groups -OCH3 is 1. The summed E-state index contributed by atoms with van der Waals surface area (Å²) in [4.78, 5) is 25.4. The molecule has 0 N–H and O–H groups in total. The second kappa shape index (κ2) is 7.25. The van der Waals surface area contributed by atoms with Gasteiger partial charge in [-0.25, -0.2) is 0 Å². The quantitative estimate of drug-likeness (QED) is 0.783. The molecule has 0 aromatic heterocycles. The Morgan fingerprint density at radius 2 is 1.95 bits per heavy atom. The second-order valence-corrected chi connectivity index (χ2v) is 5.59. The number of carbonyl (C=O) groups excluding carboxylic acids is 2. The summed E-state index contributed by atoms with van der Waals surface area (Å²) in [5.74, 6) is -0.110. The number of likely N-dealkylation sites (tertiary alicyclic amines) is 1. The van der Waals surface area contributed by atoms with Crippen molar-refractivity contribution in [2.45, 2.75) is 45.1 Å². The van der Waals surface area contributed by atoms with Crippen LogP contribution in [0.2, 0.25) is 0 Å². The molecule has 1 saturated heterocycles. The van der Waals surface area contributed by atoms with Crippen molar-refractivity contribution in [3.8, 4) is 0 Å². The molecular weight excluding hydrogens is 266 g/mol. The van der Waals surface area contributed by atoms with Crippen molar-refractivity contribution in [3.05, 3.63) is 35.4 Å². The van der Waals surface area contributed by atoms with Gasteiger partial charge in [-0.05, 0) is 31.7 Å². The maximum Gasteiger partial charge on any atom is 0.305 e. The number of benzene rings is 1. The van der Waals surface area contributed by atoms with E-state index in [0.717, 1.165) is 19.4 Å². The van der Waals surface area contributed by atoms with Crippen molar-refractivity contribution in [1.29, 1.82) is 0 Å². The predicted molar refractivity (Wildman–Crippen MR) is 80.7 cm³/mol. The minimum Gasteiger partial charge on any atom is -0.469 e. The van der Waals surface area contributed by atoms with Crippen LogP contribution in [0.5, 0.6) is 0 Å². The Bertz CT molecular complexity index is 495. The van der Waals surface area contributed by atoms with E-state index < -0.39 is 0 Å². The predicted octanol–water partition coefficient (Wildman–Crippen LogP) is 3.00. The van der Waals surface area contributed by atoms with Gasteiger partial charge in [0.25, 0.3) is 0 Å². The van der Waals surface area contributed by atoms with Crippen LogP contribution in [0, 0.1) is 6.92 Å². The van der Waals surface area contributed by atoms with Crippen molar-refractivity contribution >= 4 is 11.9 Å². The number of hydrogen-bond acceptors (Lipinski definition) is 3. The maximum absolute atomic E-state index is 12.3. The Morgan fingerprint density at radius 3 is 2.62 bits per heavy atom. The molecule has 0 saturated carbocycles. The lowest BCUT2D eigenvalue weighted by Crippen LogP contribution is -2.30. The normalized spacial score (nSPS) is 17.8. The summed E-state index contributed by atoms with van der Waals surface area (Å²) in [6.45, 7) is 2.88. The minimum absolute atomic E-state index is 0.141. The highest BCUT2D eigenvalue weighted by molar-refractivity contribution is 5.78. The van der Waals surface area contributed by atoms with Gasteiger partial charge in [-0.1, -0.05) is 29.8 Å². The fraction of sp³-hybridized carbons (Fsp3) is 0.529. The lowest BCUT2D eigenvalue weighted by molar-refractivity contribution is -0.140. The van der Waals surface area contributed by atoms with Crippen LogP contribution in [0.3, 0.4) is 0 Å². The highest BCUT2D eigenvalue weighted by Crippen LogP contribution is 2.32. The molecule has 1 unspecified atom stereocenters. The molecule has 0 bridgehead atoms. The standard InChI is InChI=1S/C17H23NO3/c1-13-8-10-14(11-9-13)15-5-4-12-18(15)16(19)6-3-7-17(20)21-2/h8-11,15H,3-7,12H2,1-2H3. The van der Waals surface area contributed by atoms with Gasteiger partial charge in [0.15, 0.2) is 0 Å². The van der Waals surface area contributed by atoms with E-state index in [1.807, 2.05) is 4.90 Å². The topological polar surface area (TPSA) is 46.6 Å². The Kier molecular flexibility index (Phi) is 5.37. The van der Waals surface area contributed by atoms with Crippen molar-refractivity contribution in [3.63, 3.8) is 0 Å². The molecule has 4 nitrogen and oxygen atoms in total. The van der Waals surface area contributed by atoms with Crippen molar-refractivity contribution < 1.29 is 14.3 Å². The summed E-state index contributed by atoms with van der Waals surface area (Å²) in [5.41, 5.74) is 2.44. The summed E-state index contributed by atoms with van der Waals surface area (Å²) in [5, 5.41) is 0. The number of esters is 1. The zero-order valence-electron chi connectivity index (χ0n) is 12.8. The third kappa shape index (κ3) is 4.06. The third-order valence-electron chi connectivity index (χ3n) is 4.03. The Morgan fingerprint density at radius 1 is 1.24 bits per heavy atom. The van der Waals surface area contributed by atoms with E-state index in [1.165, 1.54) is 18.2 Å². The molecule has 1 aliphatic heterocycles. The number of hydrogen-bond donors (Lipinski definition) is 0. The SMILES string of the molecule is COC(=O)CCCC(=O)N1CCCC1c1ccc(C)cc1. The molecule has 0 aliphatic carbocycles. The molecule has 1 amide bonds. The van der Waals surface area contributed by atoms with Gasteiger partial charge in [0.2, 0.25) is 5.91 Å². The summed E-state index contributed by atoms with van der Waals surface area (Å²) < 4.78 is 4.60. The Balaban J connectivity index is 1.93. The fourth-order valence-electron chi connectivity index (χ4n) is 2.83. The summed E-state index contributed by atoms with van der Waals surface area (Å²) in [6.07, 6.45) is 3.35. The minimum atomic E-state index is -0.251. The van der Waals surface area contributed by atoms with Gasteiger partial charge >= 0.3 is 5.97 Å². The fourth-order valence-corrected chi connectivity index (χ4v) is 2.83. The van der Waals surface area contributed by atoms with Crippen LogP contribution in [0.15, 0.2) is 24.3 Å². The van der Waals surface area contributed by atoms with E-state index in [1.54, 1.807) is 0 Å². The highest BCUT2D eigenvalue weighted by Gasteiger charge is 2.29. The van der Waals surface area contributed by atoms with Gasteiger partial charge in [-0.3, -0.25) is 9.59 Å². The summed E-state index contributed by atoms with van der Waals surface area (Å²) in [6, 6.07) is 8.59. The van der Waals surface area contributed by atoms with Gasteiger partial charge in [-0.15, -0.1) is 0 Å². The molecule has 4 heteroatoms. The van der Waals surface area contributed by atoms with E-state index in [9.17, 15) is 9.59 Å². The second-order valence-electron chi connectivity index (χ2n) is 5.59. The number of carbonyl (C=O) groups is 2. The first-order valence-corrected chi connectivity index (χ1v) is 7.54. The molecule has 114 valence electrons. The lowest BCUT2D eigenvalue weighted by Gasteiger charge is -2.25. The first-order chi connectivity index (χ1) is 10.1. The van der Waals surface area contributed by atoms with Gasteiger partial charge in [-0.2, -0.15) is 0 Å². The van der Waals surface area contributed by atoms with Crippen LogP contribution in [0.4, 0.5) is 0 Å². The molecule has 1 aromatic rings. The summed E-state index contributed by atoms with van der Waals surface area (Å²) >= 11 is 0. The number of amides is 1. The molecule has 1 heterocycles. The third-order valence-corrected chi connectivity index (χ3v) is 4.03. The monoisotopic (exact) mass is 289 g/mol. The smallest absolute Gasteiger partial charge is 0.305 e. The van der Waals surface area contributed by atoms with Gasteiger partial charge < -0.3 is 9.64 Å². The van der Waals surface area contributed by atoms with Crippen LogP contribution in [0.1, 0.15) is 49.3 Å². The molecule has 1 atom stereocenters. The Hall–Kier alpha value is -1.84. The lowest BCUT2D eigenvalue weighted by atomic mass is 10.0. The van der Waals surface area contributed by atoms with Crippen molar-refractivity contribution in [1.82, 2.24) is 4.90 Å². The van der Waals surface area contributed by atoms with E-state index >= 15 is 0 Å². The highest BCUT2D eigenvalue weighted by atomic mass is 16.5. The molecular formula is C17H23NO3. The van der Waals surface area contributed by atoms with Gasteiger partial charge in [0.1, 0.15) is 0 Å². The number of ether oxygens (including phenoxy) is 1. The van der Waals surface area contributed by atoms with Crippen LogP contribution in [-0.2, 0) is 14.3 Å². The first kappa shape index (κ1) is 15.5. The number of nitrogens with zero attached hydrogens (tertiary/aromatic N) is 1. The zero-order chi connectivity index (χ0) is 15.2. The van der Waals surface area contributed by atoms with E-state index in [-0.39, 0.29) is 17.9 Å². The van der Waals surface area contributed by atoms with Crippen LogP contribution in [0.25, 0.3) is 0 Å². The average molecular weight is 289 g/mol. The zero-order valence-corrected chi connectivity index (χ0v) is 12.8. The van der Waals surface area contributed by atoms with Crippen molar-refractivity contribution in [2.24, 2.45) is 0 Å². The molecule has 21 heavy (non-hydrogen) atoms. The average Bonchev–Trinajstić information content (AvgIpc) is 2.97. The Labute approximate surface area is 126 Å². The van der Waals surface area contributed by atoms with Crippen molar-refractivity contribution in [2.75, 3.05) is 13.7 Å². The molecule has 1 aliphatic rings. The van der Waals surface area contributed by atoms with E-state index in [4.69, 9.17) is 0 Å². The van der Waals surface area contributed by atoms with E-state index in [0.29, 0.717) is 19.3 Å². The van der Waals surface area contributed by atoms with Crippen LogP contribution >= 0.6 is 0 Å². The molecule has 1 fully saturated rings. The molecule has 0 radical (unpaired) electrons. The summed E-state index contributed by atoms with van der Waals surface area (Å²) in [7, 11) is 1.37. The molecule has 1 aromatic carbocycles. The van der Waals surface area contributed by atoms with E-state index in [2.05, 4.69) is 35.9 Å². The van der Waals surface area contributed by atoms with Crippen LogP contribution < -0.4 is 0 Å². The molecule has 2 rings (SSSR count). The number of rotatable bonds is 5. The van der Waals surface area contributed by atoms with Crippen LogP contribution in [-0.4, -0.2) is 30.4 Å². The molecule has 0 spiro atoms. The van der Waals surface area contributed by atoms with Gasteiger partial charge in [0, 0.05) is 19.4 Å². The van der Waals surface area contributed by atoms with Gasteiger partial charge in [0.05, 0.1) is 13.2 Å².